The molecule has 2 aliphatic rings. The van der Waals surface area contributed by atoms with E-state index in [0.29, 0.717) is 18.1 Å². The summed E-state index contributed by atoms with van der Waals surface area (Å²) in [5.74, 6) is 0. The van der Waals surface area contributed by atoms with Gasteiger partial charge in [0.05, 0.1) is 0 Å². The molecule has 0 aliphatic carbocycles. The third-order valence-corrected chi connectivity index (χ3v) is 5.50. The lowest BCUT2D eigenvalue weighted by Crippen LogP contribution is -2.57. The third-order valence-electron chi connectivity index (χ3n) is 5.17. The van der Waals surface area contributed by atoms with Crippen LogP contribution in [0.5, 0.6) is 0 Å². The van der Waals surface area contributed by atoms with Crippen LogP contribution in [0.15, 0.2) is 24.3 Å². The van der Waals surface area contributed by atoms with Gasteiger partial charge in [0.15, 0.2) is 5.11 Å². The molecule has 2 aliphatic heterocycles. The van der Waals surface area contributed by atoms with E-state index >= 15 is 0 Å². The van der Waals surface area contributed by atoms with Crippen molar-refractivity contribution in [3.8, 4) is 0 Å². The minimum Gasteiger partial charge on any atom is -0.366 e. The van der Waals surface area contributed by atoms with Gasteiger partial charge in [0.1, 0.15) is 0 Å². The summed E-state index contributed by atoms with van der Waals surface area (Å²) in [6.07, 6.45) is 6.46. The van der Waals surface area contributed by atoms with Gasteiger partial charge in [0.25, 0.3) is 0 Å². The Labute approximate surface area is 139 Å². The van der Waals surface area contributed by atoms with E-state index in [1.807, 2.05) is 7.05 Å². The Bertz CT molecular complexity index is 500. The van der Waals surface area contributed by atoms with Crippen molar-refractivity contribution >= 4 is 17.3 Å². The molecular weight excluding hydrogens is 290 g/mol. The second-order valence-corrected chi connectivity index (χ2v) is 7.20. The van der Waals surface area contributed by atoms with E-state index in [2.05, 4.69) is 46.7 Å². The lowest BCUT2D eigenvalue weighted by atomic mass is 9.81. The first-order chi connectivity index (χ1) is 10.7. The summed E-state index contributed by atoms with van der Waals surface area (Å²) in [5.41, 5.74) is 2.78. The maximum absolute atomic E-state index is 5.28. The molecule has 3 atom stereocenters. The summed E-state index contributed by atoms with van der Waals surface area (Å²) in [4.78, 5) is 2.74. The molecule has 4 heteroatoms. The van der Waals surface area contributed by atoms with Crippen LogP contribution >= 0.6 is 12.2 Å². The zero-order chi connectivity index (χ0) is 15.5. The number of benzene rings is 1. The Kier molecular flexibility index (Phi) is 4.99. The number of rotatable bonds is 3. The molecule has 2 heterocycles. The molecule has 22 heavy (non-hydrogen) atoms. The first-order valence-corrected chi connectivity index (χ1v) is 8.86. The highest BCUT2D eigenvalue weighted by molar-refractivity contribution is 7.80. The average molecular weight is 318 g/mol. The van der Waals surface area contributed by atoms with Crippen molar-refractivity contribution in [1.29, 1.82) is 0 Å². The van der Waals surface area contributed by atoms with Gasteiger partial charge in [-0.3, -0.25) is 4.90 Å². The first-order valence-electron chi connectivity index (χ1n) is 8.45. The van der Waals surface area contributed by atoms with Crippen LogP contribution in [0.1, 0.15) is 43.2 Å². The van der Waals surface area contributed by atoms with Gasteiger partial charge in [-0.15, -0.1) is 0 Å². The molecule has 0 amide bonds. The fourth-order valence-electron chi connectivity index (χ4n) is 4.02. The SMILES string of the molecule is CNC(=S)NC1C[C@H]2CCC[C@@H](C1)N2Cc1ccc(C)cc1. The van der Waals surface area contributed by atoms with Crippen molar-refractivity contribution < 1.29 is 0 Å². The van der Waals surface area contributed by atoms with Crippen molar-refractivity contribution in [3.63, 3.8) is 0 Å². The van der Waals surface area contributed by atoms with Crippen molar-refractivity contribution in [2.24, 2.45) is 0 Å². The monoisotopic (exact) mass is 317 g/mol. The summed E-state index contributed by atoms with van der Waals surface area (Å²) in [6, 6.07) is 11.0. The van der Waals surface area contributed by atoms with E-state index in [9.17, 15) is 0 Å². The fourth-order valence-corrected chi connectivity index (χ4v) is 4.18. The molecule has 3 rings (SSSR count). The molecule has 2 N–H and O–H groups in total. The van der Waals surface area contributed by atoms with E-state index in [1.165, 1.54) is 43.2 Å². The molecule has 2 saturated heterocycles. The van der Waals surface area contributed by atoms with Crippen molar-refractivity contribution in [2.45, 2.75) is 63.7 Å². The molecule has 2 fully saturated rings. The number of fused-ring (bicyclic) bond motifs is 2. The van der Waals surface area contributed by atoms with Crippen LogP contribution in [0.3, 0.4) is 0 Å². The van der Waals surface area contributed by atoms with Gasteiger partial charge in [-0.25, -0.2) is 0 Å². The summed E-state index contributed by atoms with van der Waals surface area (Å²) >= 11 is 5.28. The molecule has 1 unspecified atom stereocenters. The zero-order valence-electron chi connectivity index (χ0n) is 13.6. The van der Waals surface area contributed by atoms with Gasteiger partial charge in [-0.2, -0.15) is 0 Å². The molecule has 0 saturated carbocycles. The molecule has 1 aromatic carbocycles. The van der Waals surface area contributed by atoms with E-state index in [4.69, 9.17) is 12.2 Å². The molecule has 0 spiro atoms. The summed E-state index contributed by atoms with van der Waals surface area (Å²) in [7, 11) is 1.89. The highest BCUT2D eigenvalue weighted by atomic mass is 32.1. The maximum Gasteiger partial charge on any atom is 0.166 e. The van der Waals surface area contributed by atoms with Crippen LogP contribution < -0.4 is 10.6 Å². The highest BCUT2D eigenvalue weighted by Gasteiger charge is 2.38. The van der Waals surface area contributed by atoms with Gasteiger partial charge in [-0.05, 0) is 50.4 Å². The van der Waals surface area contributed by atoms with E-state index in [-0.39, 0.29) is 0 Å². The molecular formula is C18H27N3S. The van der Waals surface area contributed by atoms with Crippen LogP contribution in [-0.2, 0) is 6.54 Å². The predicted octanol–water partition coefficient (Wildman–Crippen LogP) is 2.97. The van der Waals surface area contributed by atoms with Gasteiger partial charge in [0.2, 0.25) is 0 Å². The van der Waals surface area contributed by atoms with Crippen molar-refractivity contribution in [2.75, 3.05) is 7.05 Å². The molecule has 0 radical (unpaired) electrons. The maximum atomic E-state index is 5.28. The van der Waals surface area contributed by atoms with Crippen LogP contribution in [0.2, 0.25) is 0 Å². The Balaban J connectivity index is 1.66. The second-order valence-electron chi connectivity index (χ2n) is 6.79. The largest absolute Gasteiger partial charge is 0.366 e. The first kappa shape index (κ1) is 15.8. The third kappa shape index (κ3) is 3.61. The Hall–Kier alpha value is -1.13. The van der Waals surface area contributed by atoms with Gasteiger partial charge < -0.3 is 10.6 Å². The van der Waals surface area contributed by atoms with Crippen molar-refractivity contribution in [3.05, 3.63) is 35.4 Å². The summed E-state index contributed by atoms with van der Waals surface area (Å²) < 4.78 is 0. The molecule has 0 aromatic heterocycles. The summed E-state index contributed by atoms with van der Waals surface area (Å²) in [5, 5.41) is 7.31. The van der Waals surface area contributed by atoms with E-state index < -0.39 is 0 Å². The molecule has 2 bridgehead atoms. The standard InChI is InChI=1S/C18H27N3S/c1-13-6-8-14(9-7-13)12-21-16-4-3-5-17(21)11-15(10-16)20-18(22)19-2/h6-9,15-17H,3-5,10-12H2,1-2H3,(H2,19,20,22)/t15?,16-,17+. The van der Waals surface area contributed by atoms with E-state index in [1.54, 1.807) is 0 Å². The van der Waals surface area contributed by atoms with Crippen LogP contribution in [0, 0.1) is 6.92 Å². The molecule has 3 nitrogen and oxygen atoms in total. The number of nitrogens with one attached hydrogen (secondary N) is 2. The van der Waals surface area contributed by atoms with Crippen molar-refractivity contribution in [1.82, 2.24) is 15.5 Å². The topological polar surface area (TPSA) is 27.3 Å². The minimum absolute atomic E-state index is 0.532. The lowest BCUT2D eigenvalue weighted by molar-refractivity contribution is 0.0210. The second kappa shape index (κ2) is 6.97. The Morgan fingerprint density at radius 2 is 1.82 bits per heavy atom. The number of aryl methyl sites for hydroxylation is 1. The predicted molar refractivity (Wildman–Crippen MR) is 96.0 cm³/mol. The zero-order valence-corrected chi connectivity index (χ0v) is 14.5. The number of piperidine rings is 2. The highest BCUT2D eigenvalue weighted by Crippen LogP contribution is 2.35. The normalized spacial score (nSPS) is 28.2. The minimum atomic E-state index is 0.532. The van der Waals surface area contributed by atoms with Gasteiger partial charge in [-0.1, -0.05) is 36.2 Å². The fraction of sp³-hybridized carbons (Fsp3) is 0.611. The van der Waals surface area contributed by atoms with Gasteiger partial charge >= 0.3 is 0 Å². The van der Waals surface area contributed by atoms with Crippen LogP contribution in [0.25, 0.3) is 0 Å². The Morgan fingerprint density at radius 3 is 2.41 bits per heavy atom. The smallest absolute Gasteiger partial charge is 0.166 e. The number of hydrogen-bond donors (Lipinski definition) is 2. The molecule has 120 valence electrons. The molecule has 1 aromatic rings. The van der Waals surface area contributed by atoms with Crippen LogP contribution in [0.4, 0.5) is 0 Å². The quantitative estimate of drug-likeness (QED) is 0.838. The average Bonchev–Trinajstić information content (AvgIpc) is 2.50. The van der Waals surface area contributed by atoms with Gasteiger partial charge in [0, 0.05) is 31.7 Å². The summed E-state index contributed by atoms with van der Waals surface area (Å²) in [6.45, 7) is 3.25. The lowest BCUT2D eigenvalue weighted by Gasteiger charge is -2.49. The Morgan fingerprint density at radius 1 is 1.18 bits per heavy atom. The number of thiocarbonyl (C=S) groups is 1. The number of hydrogen-bond acceptors (Lipinski definition) is 2. The number of nitrogens with zero attached hydrogens (tertiary/aromatic N) is 1. The van der Waals surface area contributed by atoms with E-state index in [0.717, 1.165) is 11.7 Å². The van der Waals surface area contributed by atoms with Crippen LogP contribution in [-0.4, -0.2) is 35.2 Å².